The number of rotatable bonds is 4. The largest absolute Gasteiger partial charge is 0.497 e. The van der Waals surface area contributed by atoms with E-state index >= 15 is 0 Å². The number of hydrogen-bond acceptors (Lipinski definition) is 5. The maximum Gasteiger partial charge on any atom is 0.255 e. The minimum absolute atomic E-state index is 0.0195. The molecular weight excluding hydrogens is 362 g/mol. The van der Waals surface area contributed by atoms with E-state index in [9.17, 15) is 4.79 Å². The van der Waals surface area contributed by atoms with Crippen LogP contribution in [-0.2, 0) is 0 Å². The van der Waals surface area contributed by atoms with Gasteiger partial charge in [0.25, 0.3) is 5.91 Å². The fourth-order valence-electron chi connectivity index (χ4n) is 2.69. The standard InChI is InChI=1S/C16H16BrN3O3/c1-22-11-4-5-13(17)12(6-11)16(21)20-7-10(8-20)15-18-14(19-23-15)9-2-3-9/h4-6,9-10H,2-3,7-8H2,1H3. The minimum atomic E-state index is -0.0195. The summed E-state index contributed by atoms with van der Waals surface area (Å²) in [5, 5.41) is 4.03. The lowest BCUT2D eigenvalue weighted by molar-refractivity contribution is 0.0568. The predicted octanol–water partition coefficient (Wildman–Crippen LogP) is 2.96. The molecule has 2 aromatic rings. The summed E-state index contributed by atoms with van der Waals surface area (Å²) < 4.78 is 11.3. The molecular formula is C16H16BrN3O3. The highest BCUT2D eigenvalue weighted by molar-refractivity contribution is 9.10. The molecule has 6 nitrogen and oxygen atoms in total. The number of nitrogens with zero attached hydrogens (tertiary/aromatic N) is 3. The molecule has 2 aliphatic rings. The van der Waals surface area contributed by atoms with E-state index in [0.29, 0.717) is 36.2 Å². The van der Waals surface area contributed by atoms with Crippen molar-refractivity contribution in [3.63, 3.8) is 0 Å². The summed E-state index contributed by atoms with van der Waals surface area (Å²) in [4.78, 5) is 18.8. The molecule has 4 rings (SSSR count). The topological polar surface area (TPSA) is 68.5 Å². The number of likely N-dealkylation sites (tertiary alicyclic amines) is 1. The van der Waals surface area contributed by atoms with E-state index in [1.807, 2.05) is 12.1 Å². The second-order valence-electron chi connectivity index (χ2n) is 6.02. The summed E-state index contributed by atoms with van der Waals surface area (Å²) in [6.07, 6.45) is 2.30. The Morgan fingerprint density at radius 3 is 2.83 bits per heavy atom. The van der Waals surface area contributed by atoms with Crippen molar-refractivity contribution in [2.24, 2.45) is 0 Å². The first kappa shape index (κ1) is 14.7. The number of halogens is 1. The van der Waals surface area contributed by atoms with Crippen LogP contribution in [-0.4, -0.2) is 41.1 Å². The van der Waals surface area contributed by atoms with Gasteiger partial charge in [0, 0.05) is 23.5 Å². The summed E-state index contributed by atoms with van der Waals surface area (Å²) in [5.41, 5.74) is 0.604. The minimum Gasteiger partial charge on any atom is -0.497 e. The van der Waals surface area contributed by atoms with Gasteiger partial charge in [0.1, 0.15) is 5.75 Å². The maximum absolute atomic E-state index is 12.6. The van der Waals surface area contributed by atoms with Gasteiger partial charge in [0.15, 0.2) is 5.82 Å². The number of aromatic nitrogens is 2. The van der Waals surface area contributed by atoms with Crippen molar-refractivity contribution >= 4 is 21.8 Å². The number of hydrogen-bond donors (Lipinski definition) is 0. The summed E-state index contributed by atoms with van der Waals surface area (Å²) in [6, 6.07) is 5.39. The molecule has 1 saturated carbocycles. The Labute approximate surface area is 141 Å². The zero-order valence-corrected chi connectivity index (χ0v) is 14.2. The van der Waals surface area contributed by atoms with Crippen molar-refractivity contribution in [2.45, 2.75) is 24.7 Å². The molecule has 1 aromatic heterocycles. The fraction of sp³-hybridized carbons (Fsp3) is 0.438. The lowest BCUT2D eigenvalue weighted by Crippen LogP contribution is -2.48. The smallest absolute Gasteiger partial charge is 0.255 e. The first-order valence-corrected chi connectivity index (χ1v) is 8.41. The molecule has 1 aromatic carbocycles. The molecule has 2 heterocycles. The lowest BCUT2D eigenvalue weighted by Gasteiger charge is -2.37. The van der Waals surface area contributed by atoms with Gasteiger partial charge < -0.3 is 14.2 Å². The highest BCUT2D eigenvalue weighted by Gasteiger charge is 2.38. The Balaban J connectivity index is 1.43. The van der Waals surface area contributed by atoms with Crippen LogP contribution in [0.1, 0.15) is 46.8 Å². The molecule has 23 heavy (non-hydrogen) atoms. The van der Waals surface area contributed by atoms with Gasteiger partial charge in [-0.1, -0.05) is 5.16 Å². The van der Waals surface area contributed by atoms with Crippen LogP contribution in [0.4, 0.5) is 0 Å². The Kier molecular flexibility index (Phi) is 3.60. The molecule has 0 unspecified atom stereocenters. The average molecular weight is 378 g/mol. The number of ether oxygens (including phenoxy) is 1. The average Bonchev–Trinajstić information content (AvgIpc) is 3.25. The Hall–Kier alpha value is -1.89. The third-order valence-electron chi connectivity index (χ3n) is 4.32. The molecule has 0 radical (unpaired) electrons. The lowest BCUT2D eigenvalue weighted by atomic mass is 9.98. The second-order valence-corrected chi connectivity index (χ2v) is 6.87. The van der Waals surface area contributed by atoms with Crippen molar-refractivity contribution in [1.29, 1.82) is 0 Å². The molecule has 1 aliphatic carbocycles. The van der Waals surface area contributed by atoms with E-state index in [1.54, 1.807) is 18.1 Å². The number of amides is 1. The molecule has 120 valence electrons. The van der Waals surface area contributed by atoms with E-state index in [4.69, 9.17) is 9.26 Å². The third kappa shape index (κ3) is 2.73. The van der Waals surface area contributed by atoms with Gasteiger partial charge in [-0.2, -0.15) is 4.98 Å². The van der Waals surface area contributed by atoms with Gasteiger partial charge in [0.2, 0.25) is 5.89 Å². The van der Waals surface area contributed by atoms with Crippen LogP contribution in [0, 0.1) is 0 Å². The molecule has 1 saturated heterocycles. The molecule has 0 N–H and O–H groups in total. The van der Waals surface area contributed by atoms with E-state index in [0.717, 1.165) is 23.1 Å². The molecule has 0 bridgehead atoms. The Morgan fingerprint density at radius 1 is 1.35 bits per heavy atom. The summed E-state index contributed by atoms with van der Waals surface area (Å²) in [7, 11) is 1.59. The molecule has 1 amide bonds. The second kappa shape index (κ2) is 5.63. The SMILES string of the molecule is COc1ccc(Br)c(C(=O)N2CC(c3nc(C4CC4)no3)C2)c1. The van der Waals surface area contributed by atoms with Crippen LogP contribution in [0.15, 0.2) is 27.2 Å². The molecule has 1 aliphatic heterocycles. The number of carbonyl (C=O) groups is 1. The van der Waals surface area contributed by atoms with Gasteiger partial charge in [-0.15, -0.1) is 0 Å². The van der Waals surface area contributed by atoms with E-state index in [1.165, 1.54) is 0 Å². The van der Waals surface area contributed by atoms with Gasteiger partial charge in [0.05, 0.1) is 18.6 Å². The molecule has 0 atom stereocenters. The first-order chi connectivity index (χ1) is 11.2. The van der Waals surface area contributed by atoms with Gasteiger partial charge in [-0.3, -0.25) is 4.79 Å². The van der Waals surface area contributed by atoms with Crippen LogP contribution in [0.2, 0.25) is 0 Å². The third-order valence-corrected chi connectivity index (χ3v) is 5.01. The van der Waals surface area contributed by atoms with Crippen LogP contribution in [0.5, 0.6) is 5.75 Å². The highest BCUT2D eigenvalue weighted by Crippen LogP contribution is 2.39. The Bertz CT molecular complexity index is 751. The van der Waals surface area contributed by atoms with Crippen molar-refractivity contribution in [2.75, 3.05) is 20.2 Å². The summed E-state index contributed by atoms with van der Waals surface area (Å²) in [6.45, 7) is 1.21. The highest BCUT2D eigenvalue weighted by atomic mass is 79.9. The zero-order chi connectivity index (χ0) is 16.0. The van der Waals surface area contributed by atoms with Crippen LogP contribution in [0.25, 0.3) is 0 Å². The van der Waals surface area contributed by atoms with Crippen molar-refractivity contribution in [1.82, 2.24) is 15.0 Å². The zero-order valence-electron chi connectivity index (χ0n) is 12.7. The van der Waals surface area contributed by atoms with Gasteiger partial charge in [-0.05, 0) is 47.0 Å². The van der Waals surface area contributed by atoms with E-state index in [-0.39, 0.29) is 11.8 Å². The van der Waals surface area contributed by atoms with Crippen LogP contribution in [0.3, 0.4) is 0 Å². The summed E-state index contributed by atoms with van der Waals surface area (Å²) >= 11 is 3.42. The van der Waals surface area contributed by atoms with Gasteiger partial charge in [-0.25, -0.2) is 0 Å². The number of benzene rings is 1. The van der Waals surface area contributed by atoms with E-state index in [2.05, 4.69) is 26.1 Å². The Morgan fingerprint density at radius 2 is 2.13 bits per heavy atom. The monoisotopic (exact) mass is 377 g/mol. The van der Waals surface area contributed by atoms with Crippen LogP contribution < -0.4 is 4.74 Å². The van der Waals surface area contributed by atoms with Crippen molar-refractivity contribution in [3.05, 3.63) is 40.0 Å². The quantitative estimate of drug-likeness (QED) is 0.818. The number of carbonyl (C=O) groups excluding carboxylic acids is 1. The normalized spacial score (nSPS) is 17.9. The van der Waals surface area contributed by atoms with Crippen LogP contribution >= 0.6 is 15.9 Å². The van der Waals surface area contributed by atoms with Crippen molar-refractivity contribution < 1.29 is 14.1 Å². The maximum atomic E-state index is 12.6. The number of methoxy groups -OCH3 is 1. The predicted molar refractivity (Wildman–Crippen MR) is 85.6 cm³/mol. The van der Waals surface area contributed by atoms with Crippen molar-refractivity contribution in [3.8, 4) is 5.75 Å². The molecule has 7 heteroatoms. The summed E-state index contributed by atoms with van der Waals surface area (Å²) in [5.74, 6) is 2.75. The van der Waals surface area contributed by atoms with Gasteiger partial charge >= 0.3 is 0 Å². The molecule has 0 spiro atoms. The fourth-order valence-corrected chi connectivity index (χ4v) is 3.10. The first-order valence-electron chi connectivity index (χ1n) is 7.62. The molecule has 2 fully saturated rings. The van der Waals surface area contributed by atoms with E-state index < -0.39 is 0 Å².